The fraction of sp³-hybridized carbons (Fsp3) is 0.250. The van der Waals surface area contributed by atoms with Gasteiger partial charge in [-0.15, -0.1) is 0 Å². The molecular formula is C20H20F3N3O2. The van der Waals surface area contributed by atoms with Crippen LogP contribution in [0.1, 0.15) is 16.7 Å². The topological polar surface area (TPSA) is 68.9 Å². The molecule has 0 aliphatic rings. The maximum atomic E-state index is 12.5. The Morgan fingerprint density at radius 2 is 1.75 bits per heavy atom. The van der Waals surface area contributed by atoms with Crippen molar-refractivity contribution in [3.8, 4) is 23.3 Å². The van der Waals surface area contributed by atoms with Gasteiger partial charge in [-0.05, 0) is 42.0 Å². The maximum Gasteiger partial charge on any atom is 0.416 e. The molecular weight excluding hydrogens is 371 g/mol. The van der Waals surface area contributed by atoms with Gasteiger partial charge in [0.15, 0.2) is 17.5 Å². The number of ether oxygens (including phenoxy) is 2. The van der Waals surface area contributed by atoms with Crippen LogP contribution in [0.2, 0.25) is 0 Å². The number of hydrogen-bond acceptors (Lipinski definition) is 3. The van der Waals surface area contributed by atoms with Crippen LogP contribution in [0, 0.1) is 11.8 Å². The van der Waals surface area contributed by atoms with Crippen LogP contribution in [0.25, 0.3) is 0 Å². The van der Waals surface area contributed by atoms with Gasteiger partial charge in [0.05, 0.1) is 32.9 Å². The molecule has 2 aromatic carbocycles. The predicted octanol–water partition coefficient (Wildman–Crippen LogP) is 3.18. The number of rotatable bonds is 5. The molecule has 3 N–H and O–H groups in total. The van der Waals surface area contributed by atoms with Crippen molar-refractivity contribution in [3.63, 3.8) is 0 Å². The maximum absolute atomic E-state index is 12.5. The van der Waals surface area contributed by atoms with Crippen LogP contribution in [0.15, 0.2) is 47.5 Å². The number of methoxy groups -OCH3 is 2. The summed E-state index contributed by atoms with van der Waals surface area (Å²) in [6.07, 6.45) is -4.35. The second-order valence-electron chi connectivity index (χ2n) is 5.62. The van der Waals surface area contributed by atoms with E-state index in [9.17, 15) is 13.2 Å². The van der Waals surface area contributed by atoms with Gasteiger partial charge < -0.3 is 20.5 Å². The monoisotopic (exact) mass is 391 g/mol. The van der Waals surface area contributed by atoms with E-state index in [2.05, 4.69) is 22.2 Å². The number of guanidine groups is 1. The minimum Gasteiger partial charge on any atom is -0.493 e. The smallest absolute Gasteiger partial charge is 0.416 e. The molecule has 0 spiro atoms. The van der Waals surface area contributed by atoms with Gasteiger partial charge in [-0.2, -0.15) is 13.2 Å². The highest BCUT2D eigenvalue weighted by atomic mass is 19.4. The first-order valence-corrected chi connectivity index (χ1v) is 8.24. The largest absolute Gasteiger partial charge is 0.493 e. The summed E-state index contributed by atoms with van der Waals surface area (Å²) in [5.74, 6) is 6.97. The summed E-state index contributed by atoms with van der Waals surface area (Å²) in [7, 11) is 3.11. The van der Waals surface area contributed by atoms with Crippen molar-refractivity contribution in [3.05, 3.63) is 59.2 Å². The molecule has 0 amide bonds. The van der Waals surface area contributed by atoms with Crippen molar-refractivity contribution in [2.24, 2.45) is 10.7 Å². The molecule has 0 aliphatic carbocycles. The van der Waals surface area contributed by atoms with E-state index in [1.807, 2.05) is 6.07 Å². The van der Waals surface area contributed by atoms with Crippen LogP contribution >= 0.6 is 0 Å². The van der Waals surface area contributed by atoms with Crippen molar-refractivity contribution in [1.82, 2.24) is 5.32 Å². The lowest BCUT2D eigenvalue weighted by Gasteiger charge is -2.08. The Morgan fingerprint density at radius 1 is 1.07 bits per heavy atom. The number of benzene rings is 2. The SMILES string of the molecule is COc1ccc(CN=C(N)NCC#Cc2ccc(C(F)(F)F)cc2)cc1OC. The number of nitrogens with two attached hydrogens (primary N) is 1. The Hall–Kier alpha value is -3.34. The van der Waals surface area contributed by atoms with Crippen molar-refractivity contribution >= 4 is 5.96 Å². The molecule has 0 atom stereocenters. The fourth-order valence-corrected chi connectivity index (χ4v) is 2.23. The lowest BCUT2D eigenvalue weighted by molar-refractivity contribution is -0.137. The van der Waals surface area contributed by atoms with Gasteiger partial charge in [0.25, 0.3) is 0 Å². The number of alkyl halides is 3. The highest BCUT2D eigenvalue weighted by Gasteiger charge is 2.29. The average molecular weight is 391 g/mol. The van der Waals surface area contributed by atoms with Gasteiger partial charge >= 0.3 is 6.18 Å². The summed E-state index contributed by atoms with van der Waals surface area (Å²) < 4.78 is 47.9. The second-order valence-corrected chi connectivity index (χ2v) is 5.62. The third kappa shape index (κ3) is 6.13. The molecule has 0 fully saturated rings. The first-order chi connectivity index (χ1) is 13.3. The van der Waals surface area contributed by atoms with Crippen molar-refractivity contribution in [2.45, 2.75) is 12.7 Å². The lowest BCUT2D eigenvalue weighted by Crippen LogP contribution is -2.31. The van der Waals surface area contributed by atoms with E-state index in [4.69, 9.17) is 15.2 Å². The van der Waals surface area contributed by atoms with E-state index in [1.54, 1.807) is 26.4 Å². The molecule has 0 aromatic heterocycles. The molecule has 0 bridgehead atoms. The third-order valence-corrected chi connectivity index (χ3v) is 3.68. The van der Waals surface area contributed by atoms with Gasteiger partial charge in [-0.25, -0.2) is 4.99 Å². The quantitative estimate of drug-likeness (QED) is 0.467. The molecule has 0 unspecified atom stereocenters. The Kier molecular flexibility index (Phi) is 7.15. The highest BCUT2D eigenvalue weighted by Crippen LogP contribution is 2.29. The number of halogens is 3. The van der Waals surface area contributed by atoms with Crippen LogP contribution in [0.4, 0.5) is 13.2 Å². The molecule has 0 heterocycles. The molecule has 0 saturated heterocycles. The zero-order chi connectivity index (χ0) is 20.6. The standard InChI is InChI=1S/C20H20F3N3O2/c1-27-17-10-7-15(12-18(17)28-2)13-26-19(24)25-11-3-4-14-5-8-16(9-6-14)20(21,22)23/h5-10,12H,11,13H2,1-2H3,(H3,24,25,26). The Labute approximate surface area is 161 Å². The minimum atomic E-state index is -4.35. The zero-order valence-corrected chi connectivity index (χ0v) is 15.4. The van der Waals surface area contributed by atoms with E-state index in [0.29, 0.717) is 23.6 Å². The Balaban J connectivity index is 1.87. The molecule has 0 saturated carbocycles. The second kappa shape index (κ2) is 9.55. The van der Waals surface area contributed by atoms with Gasteiger partial charge in [0, 0.05) is 5.56 Å². The van der Waals surface area contributed by atoms with Crippen LogP contribution in [0.5, 0.6) is 11.5 Å². The van der Waals surface area contributed by atoms with Gasteiger partial charge in [-0.3, -0.25) is 0 Å². The van der Waals surface area contributed by atoms with Crippen molar-refractivity contribution < 1.29 is 22.6 Å². The van der Waals surface area contributed by atoms with Crippen LogP contribution in [-0.4, -0.2) is 26.7 Å². The van der Waals surface area contributed by atoms with E-state index < -0.39 is 11.7 Å². The molecule has 0 radical (unpaired) electrons. The molecule has 5 nitrogen and oxygen atoms in total. The predicted molar refractivity (Wildman–Crippen MR) is 101 cm³/mol. The summed E-state index contributed by atoms with van der Waals surface area (Å²) in [5, 5.41) is 2.83. The summed E-state index contributed by atoms with van der Waals surface area (Å²) >= 11 is 0. The number of nitrogens with one attached hydrogen (secondary N) is 1. The third-order valence-electron chi connectivity index (χ3n) is 3.68. The fourth-order valence-electron chi connectivity index (χ4n) is 2.23. The molecule has 2 aromatic rings. The van der Waals surface area contributed by atoms with Crippen LogP contribution in [-0.2, 0) is 12.7 Å². The molecule has 2 rings (SSSR count). The zero-order valence-electron chi connectivity index (χ0n) is 15.4. The van der Waals surface area contributed by atoms with Crippen LogP contribution in [0.3, 0.4) is 0 Å². The van der Waals surface area contributed by atoms with Gasteiger partial charge in [0.1, 0.15) is 0 Å². The van der Waals surface area contributed by atoms with E-state index in [0.717, 1.165) is 17.7 Å². The van der Waals surface area contributed by atoms with Gasteiger partial charge in [0.2, 0.25) is 0 Å². The molecule has 0 aliphatic heterocycles. The first-order valence-electron chi connectivity index (χ1n) is 8.24. The van der Waals surface area contributed by atoms with Crippen LogP contribution < -0.4 is 20.5 Å². The lowest BCUT2D eigenvalue weighted by atomic mass is 10.1. The molecule has 8 heteroatoms. The number of hydrogen-bond donors (Lipinski definition) is 2. The minimum absolute atomic E-state index is 0.205. The van der Waals surface area contributed by atoms with E-state index in [1.165, 1.54) is 12.1 Å². The van der Waals surface area contributed by atoms with Crippen molar-refractivity contribution in [1.29, 1.82) is 0 Å². The Morgan fingerprint density at radius 3 is 2.36 bits per heavy atom. The summed E-state index contributed by atoms with van der Waals surface area (Å²) in [6.45, 7) is 0.549. The van der Waals surface area contributed by atoms with Crippen molar-refractivity contribution in [2.75, 3.05) is 20.8 Å². The molecule has 148 valence electrons. The summed E-state index contributed by atoms with van der Waals surface area (Å²) in [6, 6.07) is 10.1. The van der Waals surface area contributed by atoms with E-state index in [-0.39, 0.29) is 12.5 Å². The number of nitrogens with zero attached hydrogens (tertiary/aromatic N) is 1. The Bertz CT molecular complexity index is 882. The number of aliphatic imine (C=N–C) groups is 1. The normalized spacial score (nSPS) is 11.4. The summed E-state index contributed by atoms with van der Waals surface area (Å²) in [5.41, 5.74) is 6.45. The summed E-state index contributed by atoms with van der Waals surface area (Å²) in [4.78, 5) is 4.20. The first kappa shape index (κ1) is 21.0. The van der Waals surface area contributed by atoms with Gasteiger partial charge in [-0.1, -0.05) is 17.9 Å². The molecule has 28 heavy (non-hydrogen) atoms. The van der Waals surface area contributed by atoms with E-state index >= 15 is 0 Å². The average Bonchev–Trinajstić information content (AvgIpc) is 2.69. The highest BCUT2D eigenvalue weighted by molar-refractivity contribution is 5.78.